The van der Waals surface area contributed by atoms with E-state index in [0.717, 1.165) is 32.6 Å². The molecule has 2 aliphatic heterocycles. The maximum Gasteiger partial charge on any atom is 0.126 e. The summed E-state index contributed by atoms with van der Waals surface area (Å²) < 4.78 is 19.0. The zero-order valence-electron chi connectivity index (χ0n) is 11.0. The average molecular weight is 265 g/mol. The van der Waals surface area contributed by atoms with Gasteiger partial charge in [0, 0.05) is 6.04 Å². The number of ether oxygens (including phenoxy) is 1. The second-order valence-electron chi connectivity index (χ2n) is 5.50. The topological polar surface area (TPSA) is 32.7 Å². The lowest BCUT2D eigenvalue weighted by Crippen LogP contribution is -2.59. The smallest absolute Gasteiger partial charge is 0.126 e. The fourth-order valence-corrected chi connectivity index (χ4v) is 3.07. The lowest BCUT2D eigenvalue weighted by Gasteiger charge is -2.46. The lowest BCUT2D eigenvalue weighted by atomic mass is 9.91. The van der Waals surface area contributed by atoms with Gasteiger partial charge in [-0.1, -0.05) is 18.2 Å². The zero-order valence-corrected chi connectivity index (χ0v) is 11.0. The van der Waals surface area contributed by atoms with E-state index in [0.29, 0.717) is 18.0 Å². The molecule has 0 spiro atoms. The van der Waals surface area contributed by atoms with Gasteiger partial charge in [-0.15, -0.1) is 0 Å². The molecule has 0 aliphatic carbocycles. The predicted octanol–water partition coefficient (Wildman–Crippen LogP) is 1.59. The number of halogens is 1. The molecule has 2 heterocycles. The first kappa shape index (κ1) is 13.0. The molecule has 3 rings (SSSR count). The number of hydrogen-bond donors (Lipinski definition) is 1. The van der Waals surface area contributed by atoms with Gasteiger partial charge in [0.1, 0.15) is 5.82 Å². The molecule has 1 aromatic carbocycles. The number of benzene rings is 1. The van der Waals surface area contributed by atoms with Crippen LogP contribution >= 0.6 is 0 Å². The monoisotopic (exact) mass is 265 g/mol. The molecule has 104 valence electrons. The van der Waals surface area contributed by atoms with Crippen molar-refractivity contribution in [3.63, 3.8) is 0 Å². The first-order chi connectivity index (χ1) is 9.25. The van der Waals surface area contributed by atoms with Crippen LogP contribution in [-0.4, -0.2) is 48.0 Å². The van der Waals surface area contributed by atoms with Crippen molar-refractivity contribution in [2.45, 2.75) is 37.5 Å². The highest BCUT2D eigenvalue weighted by atomic mass is 19.1. The van der Waals surface area contributed by atoms with Crippen molar-refractivity contribution in [1.29, 1.82) is 0 Å². The maximum absolute atomic E-state index is 13.8. The molecule has 19 heavy (non-hydrogen) atoms. The minimum absolute atomic E-state index is 0.0135. The Labute approximate surface area is 113 Å². The molecule has 1 N–H and O–H groups in total. The summed E-state index contributed by atoms with van der Waals surface area (Å²) in [4.78, 5) is 2.31. The Morgan fingerprint density at radius 2 is 2.11 bits per heavy atom. The van der Waals surface area contributed by atoms with Gasteiger partial charge in [0.15, 0.2) is 0 Å². The van der Waals surface area contributed by atoms with Crippen LogP contribution in [0.5, 0.6) is 0 Å². The summed E-state index contributed by atoms with van der Waals surface area (Å²) in [5.74, 6) is -0.176. The van der Waals surface area contributed by atoms with Crippen molar-refractivity contribution in [3.05, 3.63) is 35.6 Å². The van der Waals surface area contributed by atoms with E-state index in [4.69, 9.17) is 4.74 Å². The summed E-state index contributed by atoms with van der Waals surface area (Å²) in [6.07, 6.45) is 2.02. The van der Waals surface area contributed by atoms with Gasteiger partial charge in [-0.05, 0) is 37.4 Å². The third kappa shape index (κ3) is 2.66. The van der Waals surface area contributed by atoms with E-state index < -0.39 is 0 Å². The lowest BCUT2D eigenvalue weighted by molar-refractivity contribution is -0.110. The summed E-state index contributed by atoms with van der Waals surface area (Å²) in [5, 5.41) is 10.3. The minimum atomic E-state index is -0.367. The molecule has 0 bridgehead atoms. The maximum atomic E-state index is 13.8. The standard InChI is InChI=1S/C15H20FNO2/c16-13-5-2-1-4-11(13)8-14-15(18)6-3-7-17(14)12-9-19-10-12/h1-2,4-5,12,14-15,18H,3,6-10H2/t14-,15-/m0/s1. The van der Waals surface area contributed by atoms with Crippen LogP contribution < -0.4 is 0 Å². The Bertz CT molecular complexity index is 436. The molecular weight excluding hydrogens is 245 g/mol. The van der Waals surface area contributed by atoms with E-state index in [1.54, 1.807) is 6.07 Å². The number of aliphatic hydroxyl groups is 1. The third-order valence-corrected chi connectivity index (χ3v) is 4.26. The SMILES string of the molecule is O[C@H]1CCCN(C2COC2)[C@H]1Cc1ccccc1F. The second-order valence-corrected chi connectivity index (χ2v) is 5.50. The molecule has 0 aromatic heterocycles. The molecule has 2 fully saturated rings. The first-order valence-corrected chi connectivity index (χ1v) is 7.00. The van der Waals surface area contributed by atoms with E-state index in [1.807, 2.05) is 12.1 Å². The van der Waals surface area contributed by atoms with Crippen LogP contribution in [0.3, 0.4) is 0 Å². The third-order valence-electron chi connectivity index (χ3n) is 4.26. The number of aliphatic hydroxyl groups excluding tert-OH is 1. The van der Waals surface area contributed by atoms with E-state index >= 15 is 0 Å². The van der Waals surface area contributed by atoms with E-state index in [-0.39, 0.29) is 18.0 Å². The highest BCUT2D eigenvalue weighted by Crippen LogP contribution is 2.26. The van der Waals surface area contributed by atoms with E-state index in [9.17, 15) is 9.50 Å². The Balaban J connectivity index is 1.76. The van der Waals surface area contributed by atoms with Crippen molar-refractivity contribution in [3.8, 4) is 0 Å². The largest absolute Gasteiger partial charge is 0.391 e. The number of likely N-dealkylation sites (tertiary alicyclic amines) is 1. The molecule has 2 aliphatic rings. The van der Waals surface area contributed by atoms with Gasteiger partial charge in [-0.3, -0.25) is 4.90 Å². The molecule has 0 unspecified atom stereocenters. The van der Waals surface area contributed by atoms with Gasteiger partial charge >= 0.3 is 0 Å². The van der Waals surface area contributed by atoms with Crippen LogP contribution in [0, 0.1) is 5.82 Å². The molecular formula is C15H20FNO2. The number of hydrogen-bond acceptors (Lipinski definition) is 3. The molecule has 0 radical (unpaired) electrons. The van der Waals surface area contributed by atoms with Crippen LogP contribution in [0.2, 0.25) is 0 Å². The number of piperidine rings is 1. The van der Waals surface area contributed by atoms with Crippen LogP contribution in [0.25, 0.3) is 0 Å². The Morgan fingerprint density at radius 3 is 2.79 bits per heavy atom. The normalized spacial score (nSPS) is 29.2. The van der Waals surface area contributed by atoms with E-state index in [1.165, 1.54) is 6.07 Å². The van der Waals surface area contributed by atoms with Crippen LogP contribution in [0.15, 0.2) is 24.3 Å². The summed E-state index contributed by atoms with van der Waals surface area (Å²) >= 11 is 0. The van der Waals surface area contributed by atoms with Crippen molar-refractivity contribution in [1.82, 2.24) is 4.90 Å². The number of rotatable bonds is 3. The summed E-state index contributed by atoms with van der Waals surface area (Å²) in [5.41, 5.74) is 0.693. The molecule has 0 saturated carbocycles. The van der Waals surface area contributed by atoms with Crippen molar-refractivity contribution < 1.29 is 14.2 Å². The molecule has 1 aromatic rings. The van der Waals surface area contributed by atoms with Gasteiger partial charge in [0.25, 0.3) is 0 Å². The highest BCUT2D eigenvalue weighted by Gasteiger charge is 2.37. The summed E-state index contributed by atoms with van der Waals surface area (Å²) in [6.45, 7) is 2.45. The van der Waals surface area contributed by atoms with Gasteiger partial charge in [-0.25, -0.2) is 4.39 Å². The average Bonchev–Trinajstić information content (AvgIpc) is 2.33. The fraction of sp³-hybridized carbons (Fsp3) is 0.600. The van der Waals surface area contributed by atoms with Gasteiger partial charge in [0.2, 0.25) is 0 Å². The Morgan fingerprint density at radius 1 is 1.32 bits per heavy atom. The molecule has 2 atom stereocenters. The van der Waals surface area contributed by atoms with E-state index in [2.05, 4.69) is 4.90 Å². The number of nitrogens with zero attached hydrogens (tertiary/aromatic N) is 1. The second kappa shape index (κ2) is 5.57. The minimum Gasteiger partial charge on any atom is -0.391 e. The Hall–Kier alpha value is -0.970. The summed E-state index contributed by atoms with van der Waals surface area (Å²) in [7, 11) is 0. The predicted molar refractivity (Wildman–Crippen MR) is 70.4 cm³/mol. The van der Waals surface area contributed by atoms with Gasteiger partial charge < -0.3 is 9.84 Å². The van der Waals surface area contributed by atoms with Crippen LogP contribution in [0.4, 0.5) is 4.39 Å². The van der Waals surface area contributed by atoms with Crippen molar-refractivity contribution >= 4 is 0 Å². The molecule has 0 amide bonds. The van der Waals surface area contributed by atoms with Crippen LogP contribution in [-0.2, 0) is 11.2 Å². The molecule has 3 nitrogen and oxygen atoms in total. The first-order valence-electron chi connectivity index (χ1n) is 7.00. The molecule has 2 saturated heterocycles. The molecule has 4 heteroatoms. The van der Waals surface area contributed by atoms with Gasteiger partial charge in [-0.2, -0.15) is 0 Å². The van der Waals surface area contributed by atoms with Gasteiger partial charge in [0.05, 0.1) is 25.4 Å². The summed E-state index contributed by atoms with van der Waals surface area (Å²) in [6, 6.07) is 7.26. The van der Waals surface area contributed by atoms with Crippen molar-refractivity contribution in [2.24, 2.45) is 0 Å². The quantitative estimate of drug-likeness (QED) is 0.901. The fourth-order valence-electron chi connectivity index (χ4n) is 3.07. The van der Waals surface area contributed by atoms with Crippen LogP contribution in [0.1, 0.15) is 18.4 Å². The zero-order chi connectivity index (χ0) is 13.2. The van der Waals surface area contributed by atoms with Crippen molar-refractivity contribution in [2.75, 3.05) is 19.8 Å². The highest BCUT2D eigenvalue weighted by molar-refractivity contribution is 5.19. The Kier molecular flexibility index (Phi) is 3.82.